The molecule has 1 saturated heterocycles. The normalized spacial score (nSPS) is 17.8. The van der Waals surface area contributed by atoms with Gasteiger partial charge >= 0.3 is 6.03 Å². The van der Waals surface area contributed by atoms with Crippen molar-refractivity contribution in [3.8, 4) is 0 Å². The van der Waals surface area contributed by atoms with Crippen LogP contribution < -0.4 is 10.2 Å². The molecule has 94 valence electrons. The molecular weight excluding hydrogens is 238 g/mol. The van der Waals surface area contributed by atoms with E-state index < -0.39 is 16.5 Å². The molecule has 1 aliphatic rings. The van der Waals surface area contributed by atoms with Gasteiger partial charge < -0.3 is 5.32 Å². The number of nitro groups is 1. The van der Waals surface area contributed by atoms with Crippen LogP contribution in [0.2, 0.25) is 0 Å². The number of carbonyl (C=O) groups excluding carboxylic acids is 2. The summed E-state index contributed by atoms with van der Waals surface area (Å²) in [5.74, 6) is -0.388. The van der Waals surface area contributed by atoms with Crippen LogP contribution in [-0.2, 0) is 4.79 Å². The van der Waals surface area contributed by atoms with Crippen molar-refractivity contribution in [1.29, 1.82) is 0 Å². The van der Waals surface area contributed by atoms with Crippen LogP contribution in [0.5, 0.6) is 0 Å². The molecule has 0 atom stereocenters. The number of anilines is 1. The summed E-state index contributed by atoms with van der Waals surface area (Å²) in [7, 11) is 0. The summed E-state index contributed by atoms with van der Waals surface area (Å²) in [6.45, 7) is 3.19. The van der Waals surface area contributed by atoms with Crippen LogP contribution >= 0.6 is 0 Å². The Morgan fingerprint density at radius 3 is 2.17 bits per heavy atom. The lowest BCUT2D eigenvalue weighted by molar-refractivity contribution is -0.384. The number of hydrogen-bond donors (Lipinski definition) is 1. The molecule has 0 aliphatic carbocycles. The number of carbonyl (C=O) groups is 2. The fraction of sp³-hybridized carbons (Fsp3) is 0.273. The maximum atomic E-state index is 12.0. The highest BCUT2D eigenvalue weighted by Gasteiger charge is 2.45. The Hall–Kier alpha value is -2.44. The summed E-state index contributed by atoms with van der Waals surface area (Å²) in [5.41, 5.74) is -0.738. The quantitative estimate of drug-likeness (QED) is 0.487. The minimum atomic E-state index is -0.959. The lowest BCUT2D eigenvalue weighted by atomic mass is 10.1. The molecule has 1 aliphatic heterocycles. The number of nitrogens with zero attached hydrogens (tertiary/aromatic N) is 2. The van der Waals surface area contributed by atoms with E-state index >= 15 is 0 Å². The summed E-state index contributed by atoms with van der Waals surface area (Å²) < 4.78 is 0. The number of urea groups is 1. The number of nitro benzene ring substituents is 1. The van der Waals surface area contributed by atoms with Crippen molar-refractivity contribution in [2.24, 2.45) is 0 Å². The molecule has 1 aromatic rings. The molecule has 2 rings (SSSR count). The van der Waals surface area contributed by atoms with Gasteiger partial charge in [0, 0.05) is 12.1 Å². The Kier molecular flexibility index (Phi) is 2.54. The number of amides is 3. The molecule has 1 fully saturated rings. The second kappa shape index (κ2) is 3.80. The summed E-state index contributed by atoms with van der Waals surface area (Å²) in [5, 5.41) is 13.0. The molecule has 18 heavy (non-hydrogen) atoms. The first-order chi connectivity index (χ1) is 8.33. The molecule has 0 bridgehead atoms. The third kappa shape index (κ3) is 1.79. The van der Waals surface area contributed by atoms with Gasteiger partial charge in [0.2, 0.25) is 0 Å². The van der Waals surface area contributed by atoms with E-state index in [2.05, 4.69) is 5.32 Å². The van der Waals surface area contributed by atoms with Gasteiger partial charge in [0.15, 0.2) is 0 Å². The van der Waals surface area contributed by atoms with Gasteiger partial charge in [0.05, 0.1) is 10.6 Å². The first-order valence-corrected chi connectivity index (χ1v) is 5.24. The van der Waals surface area contributed by atoms with E-state index in [1.807, 2.05) is 0 Å². The monoisotopic (exact) mass is 249 g/mol. The number of benzene rings is 1. The van der Waals surface area contributed by atoms with Crippen molar-refractivity contribution in [1.82, 2.24) is 5.32 Å². The average molecular weight is 249 g/mol. The van der Waals surface area contributed by atoms with Crippen LogP contribution in [0.15, 0.2) is 24.3 Å². The largest absolute Gasteiger partial charge is 0.329 e. The third-order valence-corrected chi connectivity index (χ3v) is 2.68. The average Bonchev–Trinajstić information content (AvgIpc) is 2.48. The maximum absolute atomic E-state index is 12.0. The second-order valence-corrected chi connectivity index (χ2v) is 4.47. The zero-order valence-electron chi connectivity index (χ0n) is 9.84. The van der Waals surface area contributed by atoms with Gasteiger partial charge in [-0.2, -0.15) is 0 Å². The Morgan fingerprint density at radius 2 is 1.78 bits per heavy atom. The lowest BCUT2D eigenvalue weighted by Gasteiger charge is -2.15. The van der Waals surface area contributed by atoms with Crippen molar-refractivity contribution in [2.45, 2.75) is 19.4 Å². The number of rotatable bonds is 2. The van der Waals surface area contributed by atoms with E-state index in [1.54, 1.807) is 13.8 Å². The minimum absolute atomic E-state index is 0.0925. The van der Waals surface area contributed by atoms with Gasteiger partial charge in [-0.1, -0.05) is 0 Å². The summed E-state index contributed by atoms with van der Waals surface area (Å²) >= 11 is 0. The molecule has 1 N–H and O–H groups in total. The highest BCUT2D eigenvalue weighted by atomic mass is 16.6. The highest BCUT2D eigenvalue weighted by Crippen LogP contribution is 2.26. The molecule has 0 unspecified atom stereocenters. The van der Waals surface area contributed by atoms with Crippen molar-refractivity contribution >= 4 is 23.3 Å². The van der Waals surface area contributed by atoms with Gasteiger partial charge in [-0.3, -0.25) is 14.9 Å². The van der Waals surface area contributed by atoms with Crippen molar-refractivity contribution in [3.05, 3.63) is 34.4 Å². The van der Waals surface area contributed by atoms with Crippen LogP contribution in [0.25, 0.3) is 0 Å². The zero-order chi connectivity index (χ0) is 13.5. The number of non-ortho nitro benzene ring substituents is 1. The zero-order valence-corrected chi connectivity index (χ0v) is 9.84. The lowest BCUT2D eigenvalue weighted by Crippen LogP contribution is -2.40. The number of imide groups is 1. The molecule has 0 spiro atoms. The standard InChI is InChI=1S/C11H11N3O4/c1-11(2)9(15)13(10(16)12-11)7-3-5-8(6-4-7)14(17)18/h3-6H,1-2H3,(H,12,16). The molecule has 1 heterocycles. The fourth-order valence-electron chi connectivity index (χ4n) is 1.71. The van der Waals surface area contributed by atoms with E-state index in [1.165, 1.54) is 24.3 Å². The Balaban J connectivity index is 2.35. The first kappa shape index (κ1) is 12.0. The predicted octanol–water partition coefficient (Wildman–Crippen LogP) is 1.43. The smallest absolute Gasteiger partial charge is 0.323 e. The van der Waals surface area contributed by atoms with Crippen LogP contribution in [0.1, 0.15) is 13.8 Å². The Bertz CT molecular complexity index is 536. The van der Waals surface area contributed by atoms with Crippen molar-refractivity contribution in [2.75, 3.05) is 4.90 Å². The van der Waals surface area contributed by atoms with Crippen LogP contribution in [0, 0.1) is 10.1 Å². The van der Waals surface area contributed by atoms with Gasteiger partial charge in [-0.15, -0.1) is 0 Å². The summed E-state index contributed by atoms with van der Waals surface area (Å²) in [6, 6.07) is 4.72. The molecule has 0 saturated carbocycles. The van der Waals surface area contributed by atoms with Crippen LogP contribution in [0.3, 0.4) is 0 Å². The van der Waals surface area contributed by atoms with E-state index in [0.717, 1.165) is 4.90 Å². The molecule has 1 aromatic carbocycles. The molecule has 7 nitrogen and oxygen atoms in total. The first-order valence-electron chi connectivity index (χ1n) is 5.24. The van der Waals surface area contributed by atoms with E-state index in [-0.39, 0.29) is 11.6 Å². The fourth-order valence-corrected chi connectivity index (χ4v) is 1.71. The van der Waals surface area contributed by atoms with E-state index in [9.17, 15) is 19.7 Å². The molecular formula is C11H11N3O4. The summed E-state index contributed by atoms with van der Waals surface area (Å²) in [4.78, 5) is 34.6. The van der Waals surface area contributed by atoms with Gasteiger partial charge in [-0.05, 0) is 26.0 Å². The Morgan fingerprint density at radius 1 is 1.22 bits per heavy atom. The van der Waals surface area contributed by atoms with Crippen LogP contribution in [-0.4, -0.2) is 22.4 Å². The third-order valence-electron chi connectivity index (χ3n) is 2.68. The van der Waals surface area contributed by atoms with Gasteiger partial charge in [0.1, 0.15) is 5.54 Å². The second-order valence-electron chi connectivity index (χ2n) is 4.47. The Labute approximate surface area is 103 Å². The van der Waals surface area contributed by atoms with Gasteiger partial charge in [0.25, 0.3) is 11.6 Å². The SMILES string of the molecule is CC1(C)NC(=O)N(c2ccc([N+](=O)[O-])cc2)C1=O. The van der Waals surface area contributed by atoms with E-state index in [0.29, 0.717) is 5.69 Å². The number of hydrogen-bond acceptors (Lipinski definition) is 4. The highest BCUT2D eigenvalue weighted by molar-refractivity contribution is 6.23. The molecule has 0 aromatic heterocycles. The molecule has 3 amide bonds. The number of nitrogens with one attached hydrogen (secondary N) is 1. The summed E-state index contributed by atoms with van der Waals surface area (Å²) in [6.07, 6.45) is 0. The minimum Gasteiger partial charge on any atom is -0.323 e. The van der Waals surface area contributed by atoms with E-state index in [4.69, 9.17) is 0 Å². The maximum Gasteiger partial charge on any atom is 0.329 e. The predicted molar refractivity (Wildman–Crippen MR) is 63.2 cm³/mol. The van der Waals surface area contributed by atoms with Crippen molar-refractivity contribution in [3.63, 3.8) is 0 Å². The molecule has 0 radical (unpaired) electrons. The topological polar surface area (TPSA) is 92.6 Å². The molecule has 7 heteroatoms. The van der Waals surface area contributed by atoms with Gasteiger partial charge in [-0.25, -0.2) is 9.69 Å². The van der Waals surface area contributed by atoms with Crippen molar-refractivity contribution < 1.29 is 14.5 Å². The van der Waals surface area contributed by atoms with Crippen LogP contribution in [0.4, 0.5) is 16.2 Å².